The van der Waals surface area contributed by atoms with Gasteiger partial charge in [-0.15, -0.1) is 0 Å². The second kappa shape index (κ2) is 6.74. The lowest BCUT2D eigenvalue weighted by atomic mass is 10.3. The van der Waals surface area contributed by atoms with Crippen LogP contribution in [0.15, 0.2) is 24.8 Å². The second-order valence-corrected chi connectivity index (χ2v) is 6.47. The first-order valence-corrected chi connectivity index (χ1v) is 8.48. The van der Waals surface area contributed by atoms with Gasteiger partial charge in [-0.3, -0.25) is 5.10 Å². The first kappa shape index (κ1) is 19.2. The molecule has 0 aliphatic carbocycles. The number of ether oxygens (including phenoxy) is 1. The summed E-state index contributed by atoms with van der Waals surface area (Å²) >= 11 is 6.19. The predicted octanol–water partition coefficient (Wildman–Crippen LogP) is 2.80. The summed E-state index contributed by atoms with van der Waals surface area (Å²) in [5, 5.41) is 15.7. The molecule has 2 N–H and O–H groups in total. The van der Waals surface area contributed by atoms with E-state index in [4.69, 9.17) is 16.3 Å². The van der Waals surface area contributed by atoms with Crippen molar-refractivity contribution in [1.82, 2.24) is 34.3 Å². The molecule has 0 saturated carbocycles. The standard InChI is InChI=1S/C16H13ClF3N7O2/c1-26-8-5-7(17)15(29-2)22-9(8)10(27-4-3-21-6-27)11(26)13-23-14(25-24-13)12(28)16(18,19)20/h3-6,12,28H,1-2H3,(H,23,24,25). The van der Waals surface area contributed by atoms with Crippen LogP contribution in [-0.4, -0.2) is 52.7 Å². The first-order valence-electron chi connectivity index (χ1n) is 8.11. The zero-order valence-electron chi connectivity index (χ0n) is 14.9. The van der Waals surface area contributed by atoms with Crippen molar-refractivity contribution < 1.29 is 23.0 Å². The van der Waals surface area contributed by atoms with Crippen molar-refractivity contribution in [3.8, 4) is 23.1 Å². The fourth-order valence-corrected chi connectivity index (χ4v) is 3.21. The van der Waals surface area contributed by atoms with Crippen LogP contribution in [0.1, 0.15) is 11.9 Å². The van der Waals surface area contributed by atoms with Crippen LogP contribution in [0.2, 0.25) is 5.02 Å². The van der Waals surface area contributed by atoms with E-state index in [1.807, 2.05) is 0 Å². The number of methoxy groups -OCH3 is 1. The molecule has 0 amide bonds. The fourth-order valence-electron chi connectivity index (χ4n) is 2.98. The SMILES string of the molecule is COc1nc2c(-n3ccnc3)c(-c3nc(C(O)C(F)(F)F)n[nH]3)n(C)c2cc1Cl. The maximum Gasteiger partial charge on any atom is 0.421 e. The minimum Gasteiger partial charge on any atom is -0.480 e. The Morgan fingerprint density at radius 2 is 2.07 bits per heavy atom. The molecule has 9 nitrogen and oxygen atoms in total. The van der Waals surface area contributed by atoms with Gasteiger partial charge in [-0.1, -0.05) is 11.6 Å². The Hall–Kier alpha value is -3.12. The molecule has 0 saturated heterocycles. The lowest BCUT2D eigenvalue weighted by Gasteiger charge is -2.10. The van der Waals surface area contributed by atoms with Crippen LogP contribution >= 0.6 is 11.6 Å². The normalized spacial score (nSPS) is 13.2. The molecule has 13 heteroatoms. The summed E-state index contributed by atoms with van der Waals surface area (Å²) in [6.45, 7) is 0. The minimum absolute atomic E-state index is 0.00240. The zero-order chi connectivity index (χ0) is 20.9. The van der Waals surface area contributed by atoms with E-state index in [9.17, 15) is 18.3 Å². The molecule has 1 atom stereocenters. The molecule has 0 aliphatic rings. The molecule has 0 aliphatic heterocycles. The molecule has 1 unspecified atom stereocenters. The van der Waals surface area contributed by atoms with Crippen LogP contribution in [0.5, 0.6) is 5.88 Å². The fraction of sp³-hybridized carbons (Fsp3) is 0.250. The van der Waals surface area contributed by atoms with Crippen molar-refractivity contribution in [2.24, 2.45) is 7.05 Å². The van der Waals surface area contributed by atoms with E-state index < -0.39 is 18.1 Å². The number of rotatable bonds is 4. The van der Waals surface area contributed by atoms with E-state index in [-0.39, 0.29) is 16.7 Å². The number of H-pyrrole nitrogens is 1. The minimum atomic E-state index is -4.89. The van der Waals surface area contributed by atoms with Crippen LogP contribution in [-0.2, 0) is 7.05 Å². The van der Waals surface area contributed by atoms with Gasteiger partial charge in [0, 0.05) is 19.4 Å². The number of aryl methyl sites for hydroxylation is 1. The summed E-state index contributed by atoms with van der Waals surface area (Å²) in [4.78, 5) is 12.3. The topological polar surface area (TPSA) is 107 Å². The van der Waals surface area contributed by atoms with Gasteiger partial charge in [0.05, 0.1) is 19.0 Å². The number of halogens is 4. The number of hydrogen-bond acceptors (Lipinski definition) is 6. The van der Waals surface area contributed by atoms with Crippen molar-refractivity contribution in [3.63, 3.8) is 0 Å². The molecule has 29 heavy (non-hydrogen) atoms. The maximum absolute atomic E-state index is 12.8. The summed E-state index contributed by atoms with van der Waals surface area (Å²) in [7, 11) is 3.09. The van der Waals surface area contributed by atoms with E-state index in [1.165, 1.54) is 19.6 Å². The Morgan fingerprint density at radius 3 is 2.69 bits per heavy atom. The number of aromatic amines is 1. The van der Waals surface area contributed by atoms with Crippen LogP contribution in [0.4, 0.5) is 13.2 Å². The Kier molecular flexibility index (Phi) is 4.46. The molecular formula is C16H13ClF3N7O2. The molecule has 152 valence electrons. The molecule has 4 aromatic rings. The summed E-state index contributed by atoms with van der Waals surface area (Å²) in [6.07, 6.45) is -3.03. The lowest BCUT2D eigenvalue weighted by Crippen LogP contribution is -2.21. The van der Waals surface area contributed by atoms with E-state index in [0.717, 1.165) is 0 Å². The van der Waals surface area contributed by atoms with E-state index in [1.54, 1.807) is 28.4 Å². The van der Waals surface area contributed by atoms with E-state index >= 15 is 0 Å². The zero-order valence-corrected chi connectivity index (χ0v) is 15.7. The largest absolute Gasteiger partial charge is 0.480 e. The Morgan fingerprint density at radius 1 is 1.31 bits per heavy atom. The number of nitrogens with zero attached hydrogens (tertiary/aromatic N) is 6. The van der Waals surface area contributed by atoms with Gasteiger partial charge >= 0.3 is 6.18 Å². The quantitative estimate of drug-likeness (QED) is 0.518. The molecule has 0 aromatic carbocycles. The Labute approximate surface area is 165 Å². The highest BCUT2D eigenvalue weighted by molar-refractivity contribution is 6.32. The average molecular weight is 428 g/mol. The number of pyridine rings is 1. The highest BCUT2D eigenvalue weighted by atomic mass is 35.5. The number of imidazole rings is 1. The third kappa shape index (κ3) is 3.09. The van der Waals surface area contributed by atoms with Crippen LogP contribution in [0.3, 0.4) is 0 Å². The third-order valence-electron chi connectivity index (χ3n) is 4.31. The highest BCUT2D eigenvalue weighted by Crippen LogP contribution is 2.38. The van der Waals surface area contributed by atoms with Crippen LogP contribution in [0.25, 0.3) is 28.2 Å². The van der Waals surface area contributed by atoms with Gasteiger partial charge < -0.3 is 19.0 Å². The van der Waals surface area contributed by atoms with E-state index in [2.05, 4.69) is 25.1 Å². The molecule has 0 radical (unpaired) electrons. The van der Waals surface area contributed by atoms with Gasteiger partial charge in [0.1, 0.15) is 21.9 Å². The molecule has 0 spiro atoms. The molecule has 4 aromatic heterocycles. The van der Waals surface area contributed by atoms with Gasteiger partial charge in [0.15, 0.2) is 11.6 Å². The number of nitrogens with one attached hydrogen (secondary N) is 1. The monoisotopic (exact) mass is 427 g/mol. The third-order valence-corrected chi connectivity index (χ3v) is 4.58. The van der Waals surface area contributed by atoms with Crippen molar-refractivity contribution >= 4 is 22.6 Å². The molecule has 4 heterocycles. The van der Waals surface area contributed by atoms with Gasteiger partial charge in [-0.2, -0.15) is 18.3 Å². The maximum atomic E-state index is 12.8. The van der Waals surface area contributed by atoms with Crippen molar-refractivity contribution in [3.05, 3.63) is 35.6 Å². The molecule has 4 rings (SSSR count). The van der Waals surface area contributed by atoms with Gasteiger partial charge in [-0.25, -0.2) is 15.0 Å². The van der Waals surface area contributed by atoms with Crippen LogP contribution < -0.4 is 4.74 Å². The van der Waals surface area contributed by atoms with Gasteiger partial charge in [0.25, 0.3) is 0 Å². The molecule has 0 bridgehead atoms. The summed E-state index contributed by atoms with van der Waals surface area (Å²) in [5.74, 6) is -0.607. The first-order chi connectivity index (χ1) is 13.7. The molecular weight excluding hydrogens is 415 g/mol. The number of hydrogen-bond donors (Lipinski definition) is 2. The number of aliphatic hydroxyl groups is 1. The van der Waals surface area contributed by atoms with E-state index in [0.29, 0.717) is 22.4 Å². The number of aliphatic hydroxyl groups excluding tert-OH is 1. The Bertz CT molecular complexity index is 1180. The van der Waals surface area contributed by atoms with Crippen molar-refractivity contribution in [2.75, 3.05) is 7.11 Å². The summed E-state index contributed by atoms with van der Waals surface area (Å²) in [6, 6.07) is 1.62. The predicted molar refractivity (Wildman–Crippen MR) is 95.8 cm³/mol. The summed E-state index contributed by atoms with van der Waals surface area (Å²) in [5.41, 5.74) is 1.86. The van der Waals surface area contributed by atoms with Crippen molar-refractivity contribution in [1.29, 1.82) is 0 Å². The number of alkyl halides is 3. The number of fused-ring (bicyclic) bond motifs is 1. The summed E-state index contributed by atoms with van der Waals surface area (Å²) < 4.78 is 46.9. The van der Waals surface area contributed by atoms with Crippen molar-refractivity contribution in [2.45, 2.75) is 12.3 Å². The Balaban J connectivity index is 1.99. The average Bonchev–Trinajstić information content (AvgIpc) is 3.39. The lowest BCUT2D eigenvalue weighted by molar-refractivity contribution is -0.209. The second-order valence-electron chi connectivity index (χ2n) is 6.06. The molecule has 0 fully saturated rings. The van der Waals surface area contributed by atoms with Crippen LogP contribution in [0, 0.1) is 0 Å². The smallest absolute Gasteiger partial charge is 0.421 e. The van der Waals surface area contributed by atoms with Gasteiger partial charge in [-0.05, 0) is 6.07 Å². The highest BCUT2D eigenvalue weighted by Gasteiger charge is 2.42. The number of aromatic nitrogens is 7. The van der Waals surface area contributed by atoms with Gasteiger partial charge in [0.2, 0.25) is 12.0 Å².